The number of aromatic nitrogens is 1. The Hall–Kier alpha value is -1.52. The van der Waals surface area contributed by atoms with E-state index in [1.807, 2.05) is 24.3 Å². The van der Waals surface area contributed by atoms with Crippen LogP contribution in [0.15, 0.2) is 35.5 Å². The van der Waals surface area contributed by atoms with E-state index in [-0.39, 0.29) is 18.4 Å². The molecule has 0 fully saturated rings. The summed E-state index contributed by atoms with van der Waals surface area (Å²) in [5.41, 5.74) is 10.6. The summed E-state index contributed by atoms with van der Waals surface area (Å²) in [6, 6.07) is 7.33. The Labute approximate surface area is 104 Å². The summed E-state index contributed by atoms with van der Waals surface area (Å²) in [7, 11) is 0. The monoisotopic (exact) mass is 256 g/mol. The van der Waals surface area contributed by atoms with Gasteiger partial charge in [-0.05, 0) is 12.1 Å². The van der Waals surface area contributed by atoms with E-state index < -0.39 is 0 Å². The Morgan fingerprint density at radius 2 is 1.94 bits per heavy atom. The Balaban J connectivity index is 0.00000128. The van der Waals surface area contributed by atoms with Gasteiger partial charge in [-0.2, -0.15) is 4.99 Å². The Morgan fingerprint density at radius 3 is 2.62 bits per heavy atom. The molecule has 0 aliphatic rings. The van der Waals surface area contributed by atoms with Crippen LogP contribution in [0.25, 0.3) is 10.8 Å². The molecule has 0 aliphatic carbocycles. The number of benzene rings is 1. The first-order chi connectivity index (χ1) is 7.18. The molecule has 0 saturated heterocycles. The number of aliphatic imine (C=N–C) groups is 1. The van der Waals surface area contributed by atoms with Gasteiger partial charge in [0.05, 0.1) is 0 Å². The van der Waals surface area contributed by atoms with Crippen LogP contribution in [0.1, 0.15) is 0 Å². The number of guanidine groups is 1. The molecule has 0 saturated carbocycles. The molecule has 1 aromatic carbocycles. The molecular weight excluding hydrogens is 247 g/mol. The van der Waals surface area contributed by atoms with Gasteiger partial charge in [-0.1, -0.05) is 23.7 Å². The van der Waals surface area contributed by atoms with Gasteiger partial charge in [0.1, 0.15) is 0 Å². The minimum absolute atomic E-state index is 0. The number of nitrogens with two attached hydrogens (primary N) is 2. The topological polar surface area (TPSA) is 77.3 Å². The van der Waals surface area contributed by atoms with Crippen molar-refractivity contribution in [2.75, 3.05) is 0 Å². The van der Waals surface area contributed by atoms with Crippen molar-refractivity contribution in [3.63, 3.8) is 0 Å². The van der Waals surface area contributed by atoms with Crippen LogP contribution in [0, 0.1) is 0 Å². The second-order valence-electron chi connectivity index (χ2n) is 3.01. The highest BCUT2D eigenvalue weighted by Gasteiger charge is 2.03. The van der Waals surface area contributed by atoms with Crippen LogP contribution in [0.3, 0.4) is 0 Å². The van der Waals surface area contributed by atoms with E-state index >= 15 is 0 Å². The number of hydrogen-bond acceptors (Lipinski definition) is 2. The first-order valence-corrected chi connectivity index (χ1v) is 4.69. The summed E-state index contributed by atoms with van der Waals surface area (Å²) in [4.78, 5) is 8.01. The lowest BCUT2D eigenvalue weighted by atomic mass is 10.1. The molecule has 0 bridgehead atoms. The molecule has 1 aromatic heterocycles. The third-order valence-corrected chi connectivity index (χ3v) is 2.30. The van der Waals surface area contributed by atoms with E-state index in [4.69, 9.17) is 23.1 Å². The predicted molar refractivity (Wildman–Crippen MR) is 69.5 cm³/mol. The van der Waals surface area contributed by atoms with Crippen molar-refractivity contribution in [3.8, 4) is 0 Å². The van der Waals surface area contributed by atoms with Gasteiger partial charge in [-0.3, -0.25) is 0 Å². The van der Waals surface area contributed by atoms with Crippen molar-refractivity contribution in [1.29, 1.82) is 0 Å². The second kappa shape index (κ2) is 5.01. The largest absolute Gasteiger partial charge is 0.370 e. The first-order valence-electron chi connectivity index (χ1n) is 4.31. The number of fused-ring (bicyclic) bond motifs is 1. The summed E-state index contributed by atoms with van der Waals surface area (Å²) < 4.78 is 0. The highest BCUT2D eigenvalue weighted by Crippen LogP contribution is 2.28. The highest BCUT2D eigenvalue weighted by atomic mass is 35.5. The van der Waals surface area contributed by atoms with Crippen molar-refractivity contribution >= 4 is 46.6 Å². The fourth-order valence-corrected chi connectivity index (χ4v) is 1.60. The molecular formula is C10H10Cl2N4. The third-order valence-electron chi connectivity index (χ3n) is 1.97. The SMILES string of the molecule is Cl.NC(N)=Nc1nccc2c(Cl)cccc12. The summed E-state index contributed by atoms with van der Waals surface area (Å²) in [6.07, 6.45) is 1.62. The number of rotatable bonds is 1. The fraction of sp³-hybridized carbons (Fsp3) is 0. The molecule has 16 heavy (non-hydrogen) atoms. The van der Waals surface area contributed by atoms with Gasteiger partial charge in [0.2, 0.25) is 0 Å². The summed E-state index contributed by atoms with van der Waals surface area (Å²) >= 11 is 6.03. The van der Waals surface area contributed by atoms with Gasteiger partial charge in [-0.15, -0.1) is 12.4 Å². The van der Waals surface area contributed by atoms with Crippen molar-refractivity contribution in [3.05, 3.63) is 35.5 Å². The lowest BCUT2D eigenvalue weighted by Crippen LogP contribution is -2.22. The molecule has 0 radical (unpaired) electrons. The van der Waals surface area contributed by atoms with Crippen LogP contribution in [-0.4, -0.2) is 10.9 Å². The summed E-state index contributed by atoms with van der Waals surface area (Å²) in [5.74, 6) is 0.463. The van der Waals surface area contributed by atoms with Gasteiger partial charge in [0, 0.05) is 22.0 Å². The molecule has 6 heteroatoms. The average molecular weight is 257 g/mol. The fourth-order valence-electron chi connectivity index (χ4n) is 1.36. The van der Waals surface area contributed by atoms with Gasteiger partial charge in [0.25, 0.3) is 0 Å². The Morgan fingerprint density at radius 1 is 1.19 bits per heavy atom. The predicted octanol–water partition coefficient (Wildman–Crippen LogP) is 2.21. The lowest BCUT2D eigenvalue weighted by molar-refractivity contribution is 1.28. The molecule has 0 atom stereocenters. The minimum Gasteiger partial charge on any atom is -0.370 e. The highest BCUT2D eigenvalue weighted by molar-refractivity contribution is 6.35. The lowest BCUT2D eigenvalue weighted by Gasteiger charge is -2.02. The molecule has 0 amide bonds. The minimum atomic E-state index is -0.0185. The number of pyridine rings is 1. The van der Waals surface area contributed by atoms with Gasteiger partial charge in [-0.25, -0.2) is 4.98 Å². The maximum Gasteiger partial charge on any atom is 0.192 e. The van der Waals surface area contributed by atoms with Crippen molar-refractivity contribution in [2.45, 2.75) is 0 Å². The van der Waals surface area contributed by atoms with E-state index in [1.54, 1.807) is 6.20 Å². The van der Waals surface area contributed by atoms with Crippen molar-refractivity contribution in [1.82, 2.24) is 4.98 Å². The quantitative estimate of drug-likeness (QED) is 0.607. The van der Waals surface area contributed by atoms with E-state index in [9.17, 15) is 0 Å². The van der Waals surface area contributed by atoms with Gasteiger partial charge >= 0.3 is 0 Å². The smallest absolute Gasteiger partial charge is 0.192 e. The summed E-state index contributed by atoms with van der Waals surface area (Å²) in [6.45, 7) is 0. The second-order valence-corrected chi connectivity index (χ2v) is 3.41. The number of hydrogen-bond donors (Lipinski definition) is 2. The third kappa shape index (κ3) is 2.35. The van der Waals surface area contributed by atoms with Crippen LogP contribution in [0.2, 0.25) is 5.02 Å². The normalized spacial score (nSPS) is 9.56. The van der Waals surface area contributed by atoms with Crippen LogP contribution in [0.4, 0.5) is 5.82 Å². The molecule has 2 aromatic rings. The standard InChI is InChI=1S/C10H9ClN4.ClH/c11-8-3-1-2-7-6(8)4-5-14-9(7)15-10(12)13;/h1-5H,(H4,12,13,14,15);1H. The van der Waals surface area contributed by atoms with E-state index in [0.29, 0.717) is 10.8 Å². The van der Waals surface area contributed by atoms with E-state index in [2.05, 4.69) is 9.98 Å². The van der Waals surface area contributed by atoms with Gasteiger partial charge < -0.3 is 11.5 Å². The van der Waals surface area contributed by atoms with Crippen LogP contribution < -0.4 is 11.5 Å². The van der Waals surface area contributed by atoms with Gasteiger partial charge in [0.15, 0.2) is 11.8 Å². The molecule has 1 heterocycles. The average Bonchev–Trinajstić information content (AvgIpc) is 2.19. The molecule has 4 N–H and O–H groups in total. The van der Waals surface area contributed by atoms with Crippen LogP contribution >= 0.6 is 24.0 Å². The molecule has 2 rings (SSSR count). The molecule has 0 spiro atoms. The maximum atomic E-state index is 6.03. The van der Waals surface area contributed by atoms with Crippen LogP contribution in [0.5, 0.6) is 0 Å². The Bertz CT molecular complexity index is 535. The molecule has 0 unspecified atom stereocenters. The zero-order valence-electron chi connectivity index (χ0n) is 8.22. The summed E-state index contributed by atoms with van der Waals surface area (Å²) in [5, 5.41) is 2.37. The van der Waals surface area contributed by atoms with E-state index in [0.717, 1.165) is 10.8 Å². The molecule has 0 aliphatic heterocycles. The zero-order chi connectivity index (χ0) is 10.8. The Kier molecular flexibility index (Phi) is 3.93. The first kappa shape index (κ1) is 12.5. The van der Waals surface area contributed by atoms with E-state index in [1.165, 1.54) is 0 Å². The maximum absolute atomic E-state index is 6.03. The molecule has 4 nitrogen and oxygen atoms in total. The number of nitrogens with zero attached hydrogens (tertiary/aromatic N) is 2. The van der Waals surface area contributed by atoms with Crippen molar-refractivity contribution < 1.29 is 0 Å². The van der Waals surface area contributed by atoms with Crippen molar-refractivity contribution in [2.24, 2.45) is 16.5 Å². The number of halogens is 2. The molecule has 84 valence electrons. The van der Waals surface area contributed by atoms with Crippen LogP contribution in [-0.2, 0) is 0 Å². The zero-order valence-corrected chi connectivity index (χ0v) is 9.79.